The van der Waals surface area contributed by atoms with E-state index in [1.165, 1.54) is 49.2 Å². The van der Waals surface area contributed by atoms with Crippen molar-refractivity contribution in [2.75, 3.05) is 19.6 Å². The average molecular weight is 417 g/mol. The highest BCUT2D eigenvalue weighted by atomic mass is 35.5. The van der Waals surface area contributed by atoms with Gasteiger partial charge in [0.05, 0.1) is 16.7 Å². The van der Waals surface area contributed by atoms with Gasteiger partial charge in [0.15, 0.2) is 0 Å². The normalized spacial score (nSPS) is 14.3. The van der Waals surface area contributed by atoms with Crippen LogP contribution in [-0.4, -0.2) is 38.5 Å². The van der Waals surface area contributed by atoms with Gasteiger partial charge in [0.25, 0.3) is 0 Å². The van der Waals surface area contributed by atoms with Crippen LogP contribution >= 0.6 is 24.8 Å². The first kappa shape index (κ1) is 20.7. The van der Waals surface area contributed by atoms with Crippen LogP contribution in [0, 0.1) is 0 Å². The molecule has 1 aliphatic rings. The molecule has 5 rings (SSSR count). The lowest BCUT2D eigenvalue weighted by Gasteiger charge is -2.15. The number of aromatic nitrogens is 3. The van der Waals surface area contributed by atoms with Crippen molar-refractivity contribution in [3.8, 4) is 11.3 Å². The largest absolute Gasteiger partial charge is 0.310 e. The molecule has 0 atom stereocenters. The van der Waals surface area contributed by atoms with Gasteiger partial charge in [-0.2, -0.15) is 0 Å². The minimum atomic E-state index is 0. The predicted octanol–water partition coefficient (Wildman–Crippen LogP) is 5.29. The first-order chi connectivity index (χ1) is 12.9. The van der Waals surface area contributed by atoms with Crippen LogP contribution in [0.5, 0.6) is 0 Å². The van der Waals surface area contributed by atoms with Crippen molar-refractivity contribution in [3.63, 3.8) is 0 Å². The summed E-state index contributed by atoms with van der Waals surface area (Å²) in [6.45, 7) is 4.71. The maximum absolute atomic E-state index is 4.92. The molecule has 0 N–H and O–H groups in total. The van der Waals surface area contributed by atoms with Crippen molar-refractivity contribution < 1.29 is 0 Å². The van der Waals surface area contributed by atoms with Crippen LogP contribution in [0.25, 0.3) is 28.1 Å². The molecular weight excluding hydrogens is 391 g/mol. The number of benzene rings is 2. The Hall–Kier alpha value is -2.01. The molecule has 1 saturated heterocycles. The van der Waals surface area contributed by atoms with Gasteiger partial charge < -0.3 is 9.47 Å². The summed E-state index contributed by atoms with van der Waals surface area (Å²) in [7, 11) is 0. The van der Waals surface area contributed by atoms with E-state index in [1.54, 1.807) is 0 Å². The molecular formula is C22H26Cl2N4. The molecule has 0 saturated carbocycles. The molecule has 0 spiro atoms. The Bertz CT molecular complexity index is 1030. The third-order valence-corrected chi connectivity index (χ3v) is 5.49. The van der Waals surface area contributed by atoms with Crippen molar-refractivity contribution in [2.45, 2.75) is 25.8 Å². The van der Waals surface area contributed by atoms with Crippen molar-refractivity contribution in [2.24, 2.45) is 0 Å². The van der Waals surface area contributed by atoms with Crippen LogP contribution in [-0.2, 0) is 6.54 Å². The third-order valence-electron chi connectivity index (χ3n) is 5.49. The second-order valence-corrected chi connectivity index (χ2v) is 7.20. The zero-order chi connectivity index (χ0) is 17.3. The van der Waals surface area contributed by atoms with E-state index in [-0.39, 0.29) is 24.8 Å². The van der Waals surface area contributed by atoms with Gasteiger partial charge in [-0.25, -0.2) is 4.98 Å². The number of hydrogen-bond donors (Lipinski definition) is 0. The molecule has 4 aromatic rings. The van der Waals surface area contributed by atoms with E-state index in [1.807, 2.05) is 0 Å². The van der Waals surface area contributed by atoms with Gasteiger partial charge >= 0.3 is 0 Å². The Morgan fingerprint density at radius 2 is 1.54 bits per heavy atom. The molecule has 0 bridgehead atoms. The second-order valence-electron chi connectivity index (χ2n) is 7.20. The quantitative estimate of drug-likeness (QED) is 0.441. The van der Waals surface area contributed by atoms with Crippen molar-refractivity contribution in [1.82, 2.24) is 18.9 Å². The monoisotopic (exact) mass is 416 g/mol. The van der Waals surface area contributed by atoms with Crippen molar-refractivity contribution in [3.05, 3.63) is 60.8 Å². The lowest BCUT2D eigenvalue weighted by atomic mass is 10.1. The summed E-state index contributed by atoms with van der Waals surface area (Å²) in [4.78, 5) is 7.51. The van der Waals surface area contributed by atoms with E-state index < -0.39 is 0 Å². The molecule has 0 radical (unpaired) electrons. The van der Waals surface area contributed by atoms with E-state index in [2.05, 4.69) is 74.7 Å². The molecule has 2 aromatic heterocycles. The Labute approximate surface area is 178 Å². The summed E-state index contributed by atoms with van der Waals surface area (Å²) in [5.74, 6) is 1.05. The Kier molecular flexibility index (Phi) is 6.65. The molecule has 6 heteroatoms. The van der Waals surface area contributed by atoms with Crippen LogP contribution in [0.4, 0.5) is 0 Å². The number of fused-ring (bicyclic) bond motifs is 3. The first-order valence-corrected chi connectivity index (χ1v) is 9.64. The van der Waals surface area contributed by atoms with Gasteiger partial charge in [0.1, 0.15) is 0 Å². The molecule has 1 fully saturated rings. The van der Waals surface area contributed by atoms with Gasteiger partial charge in [0, 0.05) is 12.7 Å². The maximum atomic E-state index is 4.92. The number of para-hydroxylation sites is 2. The maximum Gasteiger partial charge on any atom is 0.215 e. The summed E-state index contributed by atoms with van der Waals surface area (Å²) >= 11 is 0. The van der Waals surface area contributed by atoms with E-state index >= 15 is 0 Å². The number of nitrogens with zero attached hydrogens (tertiary/aromatic N) is 4. The smallest absolute Gasteiger partial charge is 0.215 e. The molecule has 28 heavy (non-hydrogen) atoms. The zero-order valence-corrected chi connectivity index (χ0v) is 17.5. The first-order valence-electron chi connectivity index (χ1n) is 9.64. The number of rotatable bonds is 5. The van der Waals surface area contributed by atoms with E-state index in [0.29, 0.717) is 0 Å². The van der Waals surface area contributed by atoms with E-state index in [4.69, 9.17) is 4.98 Å². The van der Waals surface area contributed by atoms with Gasteiger partial charge in [0.2, 0.25) is 5.78 Å². The summed E-state index contributed by atoms with van der Waals surface area (Å²) in [5.41, 5.74) is 4.75. The number of halogens is 2. The molecule has 2 aromatic carbocycles. The highest BCUT2D eigenvalue weighted by Gasteiger charge is 2.16. The average Bonchev–Trinajstić information content (AvgIpc) is 3.39. The molecule has 0 amide bonds. The number of hydrogen-bond acceptors (Lipinski definition) is 2. The lowest BCUT2D eigenvalue weighted by Crippen LogP contribution is -2.21. The van der Waals surface area contributed by atoms with E-state index in [0.717, 1.165) is 24.3 Å². The highest BCUT2D eigenvalue weighted by Crippen LogP contribution is 2.27. The molecule has 0 unspecified atom stereocenters. The summed E-state index contributed by atoms with van der Waals surface area (Å²) in [6, 6.07) is 19.1. The van der Waals surface area contributed by atoms with Gasteiger partial charge in [-0.1, -0.05) is 42.5 Å². The van der Waals surface area contributed by atoms with Crippen molar-refractivity contribution in [1.29, 1.82) is 0 Å². The fourth-order valence-electron chi connectivity index (χ4n) is 4.17. The summed E-state index contributed by atoms with van der Waals surface area (Å²) < 4.78 is 4.64. The number of imidazole rings is 2. The fourth-order valence-corrected chi connectivity index (χ4v) is 4.17. The van der Waals surface area contributed by atoms with E-state index in [9.17, 15) is 0 Å². The lowest BCUT2D eigenvalue weighted by molar-refractivity contribution is 0.326. The number of likely N-dealkylation sites (tertiary alicyclic amines) is 1. The molecule has 0 aliphatic carbocycles. The standard InChI is InChI=1S/C22H24N4.2ClH/c1-2-9-18(10-3-1)21-17-26-20-12-5-4-11-19(20)23-22(26)25(21)16-8-15-24-13-6-7-14-24;;/h1-5,9-12,17H,6-8,13-16H2;2*1H. The van der Waals surface area contributed by atoms with Gasteiger partial charge in [-0.15, -0.1) is 24.8 Å². The van der Waals surface area contributed by atoms with Crippen LogP contribution in [0.15, 0.2) is 60.8 Å². The minimum absolute atomic E-state index is 0. The second kappa shape index (κ2) is 8.99. The van der Waals surface area contributed by atoms with Gasteiger partial charge in [-0.3, -0.25) is 4.40 Å². The molecule has 3 heterocycles. The summed E-state index contributed by atoms with van der Waals surface area (Å²) in [5, 5.41) is 0. The molecule has 1 aliphatic heterocycles. The Balaban J connectivity index is 0.00000112. The van der Waals surface area contributed by atoms with Crippen LogP contribution in [0.3, 0.4) is 0 Å². The third kappa shape index (κ3) is 3.77. The zero-order valence-electron chi connectivity index (χ0n) is 15.8. The minimum Gasteiger partial charge on any atom is -0.310 e. The predicted molar refractivity (Wildman–Crippen MR) is 121 cm³/mol. The van der Waals surface area contributed by atoms with Crippen LogP contribution < -0.4 is 0 Å². The van der Waals surface area contributed by atoms with Gasteiger partial charge in [-0.05, 0) is 56.6 Å². The van der Waals surface area contributed by atoms with Crippen LogP contribution in [0.1, 0.15) is 19.3 Å². The van der Waals surface area contributed by atoms with Crippen LogP contribution in [0.2, 0.25) is 0 Å². The summed E-state index contributed by atoms with van der Waals surface area (Å²) in [6.07, 6.45) is 6.12. The highest BCUT2D eigenvalue weighted by molar-refractivity contribution is 5.85. The topological polar surface area (TPSA) is 25.5 Å². The molecule has 148 valence electrons. The number of aryl methyl sites for hydroxylation is 1. The fraction of sp³-hybridized carbons (Fsp3) is 0.318. The Morgan fingerprint density at radius 3 is 2.32 bits per heavy atom. The Morgan fingerprint density at radius 1 is 0.821 bits per heavy atom. The SMILES string of the molecule is Cl.Cl.c1ccc(-c2cn3c4ccccc4nc3n2CCCN2CCCC2)cc1. The molecule has 4 nitrogen and oxygen atoms in total. The van der Waals surface area contributed by atoms with Crippen molar-refractivity contribution >= 4 is 41.6 Å².